The van der Waals surface area contributed by atoms with Gasteiger partial charge in [0, 0.05) is 25.7 Å². The molecule has 0 aliphatic carbocycles. The molecule has 2 nitrogen and oxygen atoms in total. The van der Waals surface area contributed by atoms with Gasteiger partial charge in [-0.05, 0) is 31.7 Å². The highest BCUT2D eigenvalue weighted by Crippen LogP contribution is 2.12. The predicted molar refractivity (Wildman–Crippen MR) is 62.5 cm³/mol. The third-order valence-corrected chi connectivity index (χ3v) is 3.48. The van der Waals surface area contributed by atoms with Crippen molar-refractivity contribution in [3.8, 4) is 0 Å². The second-order valence-electron chi connectivity index (χ2n) is 5.17. The van der Waals surface area contributed by atoms with E-state index in [4.69, 9.17) is 0 Å². The number of hydrogen-bond donors (Lipinski definition) is 1. The largest absolute Gasteiger partial charge is 0.313 e. The molecule has 1 fully saturated rings. The minimum atomic E-state index is 0.703. The van der Waals surface area contributed by atoms with E-state index in [9.17, 15) is 0 Å². The molecule has 0 bridgehead atoms. The van der Waals surface area contributed by atoms with Gasteiger partial charge in [0.05, 0.1) is 0 Å². The standard InChI is InChI=1S/C12H26N2/c1-10(2)11(3)9-14-7-5-12(4)13-6-8-14/h10-13H,5-9H2,1-4H3. The van der Waals surface area contributed by atoms with Gasteiger partial charge in [-0.3, -0.25) is 0 Å². The third kappa shape index (κ3) is 3.97. The minimum Gasteiger partial charge on any atom is -0.313 e. The molecular weight excluding hydrogens is 172 g/mol. The predicted octanol–water partition coefficient (Wildman–Crippen LogP) is 1.96. The molecule has 0 aromatic heterocycles. The van der Waals surface area contributed by atoms with E-state index in [0.717, 1.165) is 18.4 Å². The Balaban J connectivity index is 2.30. The van der Waals surface area contributed by atoms with Crippen molar-refractivity contribution < 1.29 is 0 Å². The van der Waals surface area contributed by atoms with Crippen molar-refractivity contribution in [1.82, 2.24) is 10.2 Å². The lowest BCUT2D eigenvalue weighted by Gasteiger charge is -2.25. The molecule has 1 rings (SSSR count). The topological polar surface area (TPSA) is 15.3 Å². The molecule has 1 saturated heterocycles. The first-order valence-corrected chi connectivity index (χ1v) is 6.05. The van der Waals surface area contributed by atoms with Gasteiger partial charge < -0.3 is 10.2 Å². The van der Waals surface area contributed by atoms with Gasteiger partial charge in [-0.25, -0.2) is 0 Å². The van der Waals surface area contributed by atoms with Crippen LogP contribution < -0.4 is 5.32 Å². The Morgan fingerprint density at radius 1 is 1.29 bits per heavy atom. The first kappa shape index (κ1) is 12.0. The van der Waals surface area contributed by atoms with Gasteiger partial charge in [0.25, 0.3) is 0 Å². The van der Waals surface area contributed by atoms with E-state index in [0.29, 0.717) is 6.04 Å². The minimum absolute atomic E-state index is 0.703. The van der Waals surface area contributed by atoms with E-state index in [-0.39, 0.29) is 0 Å². The van der Waals surface area contributed by atoms with Gasteiger partial charge in [-0.2, -0.15) is 0 Å². The smallest absolute Gasteiger partial charge is 0.0107 e. The molecule has 0 radical (unpaired) electrons. The van der Waals surface area contributed by atoms with Gasteiger partial charge in [0.15, 0.2) is 0 Å². The Labute approximate surface area is 89.1 Å². The molecule has 1 heterocycles. The van der Waals surface area contributed by atoms with E-state index < -0.39 is 0 Å². The summed E-state index contributed by atoms with van der Waals surface area (Å²) >= 11 is 0. The van der Waals surface area contributed by atoms with Crippen LogP contribution in [-0.2, 0) is 0 Å². The van der Waals surface area contributed by atoms with Crippen molar-refractivity contribution in [3.05, 3.63) is 0 Å². The quantitative estimate of drug-likeness (QED) is 0.746. The third-order valence-electron chi connectivity index (χ3n) is 3.48. The van der Waals surface area contributed by atoms with Crippen LogP contribution in [0, 0.1) is 11.8 Å². The Morgan fingerprint density at radius 2 is 2.00 bits per heavy atom. The van der Waals surface area contributed by atoms with Crippen LogP contribution in [0.5, 0.6) is 0 Å². The molecule has 0 amide bonds. The molecule has 0 spiro atoms. The molecule has 84 valence electrons. The Hall–Kier alpha value is -0.0800. The summed E-state index contributed by atoms with van der Waals surface area (Å²) in [5.41, 5.74) is 0. The Kier molecular flexibility index (Phi) is 4.90. The Morgan fingerprint density at radius 3 is 2.64 bits per heavy atom. The van der Waals surface area contributed by atoms with E-state index in [2.05, 4.69) is 37.9 Å². The zero-order chi connectivity index (χ0) is 10.6. The maximum Gasteiger partial charge on any atom is 0.0107 e. The Bertz CT molecular complexity index is 156. The molecule has 1 aliphatic rings. The zero-order valence-electron chi connectivity index (χ0n) is 10.2. The molecule has 1 N–H and O–H groups in total. The highest BCUT2D eigenvalue weighted by Gasteiger charge is 2.16. The van der Waals surface area contributed by atoms with E-state index >= 15 is 0 Å². The lowest BCUT2D eigenvalue weighted by molar-refractivity contribution is 0.222. The molecule has 1 aliphatic heterocycles. The van der Waals surface area contributed by atoms with E-state index in [1.54, 1.807) is 0 Å². The van der Waals surface area contributed by atoms with Crippen molar-refractivity contribution in [2.75, 3.05) is 26.2 Å². The maximum atomic E-state index is 3.54. The summed E-state index contributed by atoms with van der Waals surface area (Å²) in [7, 11) is 0. The molecule has 0 aromatic carbocycles. The summed E-state index contributed by atoms with van der Waals surface area (Å²) in [6, 6.07) is 0.703. The molecule has 0 saturated carbocycles. The van der Waals surface area contributed by atoms with Crippen LogP contribution in [-0.4, -0.2) is 37.1 Å². The highest BCUT2D eigenvalue weighted by atomic mass is 15.2. The SMILES string of the molecule is CC1CCN(CC(C)C(C)C)CCN1. The van der Waals surface area contributed by atoms with Crippen molar-refractivity contribution in [3.63, 3.8) is 0 Å². The second-order valence-corrected chi connectivity index (χ2v) is 5.17. The molecule has 2 heteroatoms. The summed E-state index contributed by atoms with van der Waals surface area (Å²) in [4.78, 5) is 2.61. The zero-order valence-corrected chi connectivity index (χ0v) is 10.2. The number of hydrogen-bond acceptors (Lipinski definition) is 2. The molecule has 14 heavy (non-hydrogen) atoms. The van der Waals surface area contributed by atoms with Crippen molar-refractivity contribution in [2.45, 2.75) is 40.2 Å². The molecular formula is C12H26N2. The van der Waals surface area contributed by atoms with Crippen LogP contribution in [0.1, 0.15) is 34.1 Å². The first-order chi connectivity index (χ1) is 6.59. The summed E-state index contributed by atoms with van der Waals surface area (Å²) in [6.07, 6.45) is 1.30. The summed E-state index contributed by atoms with van der Waals surface area (Å²) in [5, 5.41) is 3.54. The maximum absolute atomic E-state index is 3.54. The summed E-state index contributed by atoms with van der Waals surface area (Å²) in [5.74, 6) is 1.63. The van der Waals surface area contributed by atoms with Gasteiger partial charge in [-0.1, -0.05) is 20.8 Å². The van der Waals surface area contributed by atoms with Gasteiger partial charge >= 0.3 is 0 Å². The summed E-state index contributed by atoms with van der Waals surface area (Å²) in [6.45, 7) is 14.2. The number of rotatable bonds is 3. The lowest BCUT2D eigenvalue weighted by Crippen LogP contribution is -2.33. The average Bonchev–Trinajstić information content (AvgIpc) is 2.31. The molecule has 0 aromatic rings. The van der Waals surface area contributed by atoms with Crippen molar-refractivity contribution in [1.29, 1.82) is 0 Å². The fourth-order valence-corrected chi connectivity index (χ4v) is 1.86. The second kappa shape index (κ2) is 5.72. The van der Waals surface area contributed by atoms with Crippen molar-refractivity contribution >= 4 is 0 Å². The van der Waals surface area contributed by atoms with Crippen LogP contribution in [0.2, 0.25) is 0 Å². The fourth-order valence-electron chi connectivity index (χ4n) is 1.86. The number of nitrogens with one attached hydrogen (secondary N) is 1. The van der Waals surface area contributed by atoms with Crippen LogP contribution >= 0.6 is 0 Å². The van der Waals surface area contributed by atoms with Crippen LogP contribution in [0.4, 0.5) is 0 Å². The normalized spacial score (nSPS) is 27.6. The first-order valence-electron chi connectivity index (χ1n) is 6.05. The summed E-state index contributed by atoms with van der Waals surface area (Å²) < 4.78 is 0. The van der Waals surface area contributed by atoms with Crippen LogP contribution in [0.15, 0.2) is 0 Å². The van der Waals surface area contributed by atoms with E-state index in [1.165, 1.54) is 26.1 Å². The van der Waals surface area contributed by atoms with Gasteiger partial charge in [-0.15, -0.1) is 0 Å². The van der Waals surface area contributed by atoms with E-state index in [1.807, 2.05) is 0 Å². The number of nitrogens with zero attached hydrogens (tertiary/aromatic N) is 1. The molecule has 2 unspecified atom stereocenters. The van der Waals surface area contributed by atoms with Crippen LogP contribution in [0.25, 0.3) is 0 Å². The van der Waals surface area contributed by atoms with Crippen LogP contribution in [0.3, 0.4) is 0 Å². The van der Waals surface area contributed by atoms with Gasteiger partial charge in [0.1, 0.15) is 0 Å². The lowest BCUT2D eigenvalue weighted by atomic mass is 9.97. The van der Waals surface area contributed by atoms with Gasteiger partial charge in [0.2, 0.25) is 0 Å². The molecule has 2 atom stereocenters. The highest BCUT2D eigenvalue weighted by molar-refractivity contribution is 4.73. The fraction of sp³-hybridized carbons (Fsp3) is 1.00. The monoisotopic (exact) mass is 198 g/mol. The average molecular weight is 198 g/mol. The van der Waals surface area contributed by atoms with Crippen molar-refractivity contribution in [2.24, 2.45) is 11.8 Å².